The van der Waals surface area contributed by atoms with Gasteiger partial charge in [0.2, 0.25) is 5.91 Å². The van der Waals surface area contributed by atoms with Crippen LogP contribution in [0.15, 0.2) is 40.6 Å². The van der Waals surface area contributed by atoms with E-state index < -0.39 is 27.5 Å². The van der Waals surface area contributed by atoms with Gasteiger partial charge in [-0.15, -0.1) is 11.3 Å². The van der Waals surface area contributed by atoms with Crippen LogP contribution < -0.4 is 11.1 Å². The number of amides is 2. The number of rotatable bonds is 7. The summed E-state index contributed by atoms with van der Waals surface area (Å²) in [5, 5.41) is 4.50. The number of hydrogen-bond acceptors (Lipinski definition) is 5. The molecule has 1 heterocycles. The highest BCUT2D eigenvalue weighted by molar-refractivity contribution is 7.91. The second kappa shape index (κ2) is 7.54. The van der Waals surface area contributed by atoms with Gasteiger partial charge in [-0.05, 0) is 42.1 Å². The van der Waals surface area contributed by atoms with Crippen LogP contribution in [0.25, 0.3) is 0 Å². The maximum atomic E-state index is 12.8. The summed E-state index contributed by atoms with van der Waals surface area (Å²) in [4.78, 5) is 23.0. The Balaban J connectivity index is 1.89. The molecule has 0 bridgehead atoms. The first-order valence-electron chi connectivity index (χ1n) is 6.95. The minimum absolute atomic E-state index is 0.0126. The largest absolute Gasteiger partial charge is 0.366 e. The molecule has 3 N–H and O–H groups in total. The van der Waals surface area contributed by atoms with E-state index in [1.165, 1.54) is 18.2 Å². The molecule has 1 aromatic carbocycles. The Morgan fingerprint density at radius 2 is 1.83 bits per heavy atom. The van der Waals surface area contributed by atoms with E-state index >= 15 is 0 Å². The van der Waals surface area contributed by atoms with E-state index in [4.69, 9.17) is 5.73 Å². The summed E-state index contributed by atoms with van der Waals surface area (Å²) in [7, 11) is -3.57. The third-order valence-corrected chi connectivity index (χ3v) is 5.82. The Morgan fingerprint density at radius 1 is 1.17 bits per heavy atom. The molecule has 128 valence electrons. The summed E-state index contributed by atoms with van der Waals surface area (Å²) in [5.74, 6) is -1.81. The first kappa shape index (κ1) is 18.1. The van der Waals surface area contributed by atoms with Crippen LogP contribution in [0.1, 0.15) is 23.2 Å². The van der Waals surface area contributed by atoms with Crippen molar-refractivity contribution in [3.05, 3.63) is 47.1 Å². The van der Waals surface area contributed by atoms with Crippen LogP contribution in [0.5, 0.6) is 0 Å². The molecule has 0 spiro atoms. The molecule has 1 aromatic heterocycles. The maximum absolute atomic E-state index is 12.8. The van der Waals surface area contributed by atoms with Crippen LogP contribution in [0.2, 0.25) is 0 Å². The fraction of sp³-hybridized carbons (Fsp3) is 0.200. The van der Waals surface area contributed by atoms with Crippen LogP contribution in [0, 0.1) is 5.82 Å². The van der Waals surface area contributed by atoms with Gasteiger partial charge in [0.1, 0.15) is 10.8 Å². The summed E-state index contributed by atoms with van der Waals surface area (Å²) in [5.41, 5.74) is 5.39. The minimum Gasteiger partial charge on any atom is -0.366 e. The third-order valence-electron chi connectivity index (χ3n) is 3.17. The Morgan fingerprint density at radius 3 is 2.46 bits per heavy atom. The second-order valence-electron chi connectivity index (χ2n) is 4.95. The molecule has 6 nitrogen and oxygen atoms in total. The second-order valence-corrected chi connectivity index (χ2v) is 7.98. The lowest BCUT2D eigenvalue weighted by atomic mass is 10.3. The van der Waals surface area contributed by atoms with Gasteiger partial charge >= 0.3 is 0 Å². The van der Waals surface area contributed by atoms with Crippen LogP contribution in [0.4, 0.5) is 9.39 Å². The molecule has 0 atom stereocenters. The van der Waals surface area contributed by atoms with E-state index in [1.807, 2.05) is 0 Å². The fourth-order valence-corrected chi connectivity index (χ4v) is 4.09. The number of anilines is 1. The minimum atomic E-state index is -3.57. The summed E-state index contributed by atoms with van der Waals surface area (Å²) in [6, 6.07) is 6.02. The van der Waals surface area contributed by atoms with E-state index in [2.05, 4.69) is 5.32 Å². The number of carbonyl (C=O) groups excluding carboxylic acids is 2. The van der Waals surface area contributed by atoms with Crippen molar-refractivity contribution in [1.29, 1.82) is 0 Å². The molecule has 0 saturated heterocycles. The number of nitrogens with one attached hydrogen (secondary N) is 1. The van der Waals surface area contributed by atoms with Gasteiger partial charge in [0.15, 0.2) is 9.84 Å². The van der Waals surface area contributed by atoms with Crippen molar-refractivity contribution in [2.45, 2.75) is 17.7 Å². The van der Waals surface area contributed by atoms with Gasteiger partial charge in [0, 0.05) is 6.42 Å². The Bertz CT molecular complexity index is 845. The molecule has 0 aliphatic carbocycles. The van der Waals surface area contributed by atoms with E-state index in [0.717, 1.165) is 23.5 Å². The van der Waals surface area contributed by atoms with Crippen molar-refractivity contribution in [3.63, 3.8) is 0 Å². The van der Waals surface area contributed by atoms with Crippen molar-refractivity contribution in [2.75, 3.05) is 11.1 Å². The van der Waals surface area contributed by atoms with Gasteiger partial charge in [-0.1, -0.05) is 0 Å². The zero-order chi connectivity index (χ0) is 17.7. The monoisotopic (exact) mass is 370 g/mol. The van der Waals surface area contributed by atoms with E-state index in [0.29, 0.717) is 5.00 Å². The van der Waals surface area contributed by atoms with Gasteiger partial charge < -0.3 is 11.1 Å². The molecule has 0 unspecified atom stereocenters. The smallest absolute Gasteiger partial charge is 0.251 e. The average Bonchev–Trinajstić information content (AvgIpc) is 2.95. The molecule has 0 radical (unpaired) electrons. The van der Waals surface area contributed by atoms with E-state index in [-0.39, 0.29) is 29.1 Å². The summed E-state index contributed by atoms with van der Waals surface area (Å²) in [6.45, 7) is 0. The molecule has 0 aliphatic heterocycles. The fourth-order valence-electron chi connectivity index (χ4n) is 1.97. The van der Waals surface area contributed by atoms with Crippen LogP contribution >= 0.6 is 11.3 Å². The first-order valence-corrected chi connectivity index (χ1v) is 9.48. The number of sulfone groups is 1. The highest BCUT2D eigenvalue weighted by Gasteiger charge is 2.16. The lowest BCUT2D eigenvalue weighted by Gasteiger charge is -2.06. The molecule has 0 fully saturated rings. The van der Waals surface area contributed by atoms with Crippen LogP contribution in [-0.2, 0) is 14.6 Å². The third kappa shape index (κ3) is 4.62. The van der Waals surface area contributed by atoms with Gasteiger partial charge in [-0.25, -0.2) is 12.8 Å². The van der Waals surface area contributed by atoms with Gasteiger partial charge in [0.25, 0.3) is 5.91 Å². The van der Waals surface area contributed by atoms with Crippen LogP contribution in [0.3, 0.4) is 0 Å². The lowest BCUT2D eigenvalue weighted by molar-refractivity contribution is -0.116. The number of carbonyl (C=O) groups is 2. The van der Waals surface area contributed by atoms with Gasteiger partial charge in [0.05, 0.1) is 16.2 Å². The topological polar surface area (TPSA) is 106 Å². The zero-order valence-corrected chi connectivity index (χ0v) is 14.1. The van der Waals surface area contributed by atoms with Crippen molar-refractivity contribution in [3.8, 4) is 0 Å². The predicted octanol–water partition coefficient (Wildman–Crippen LogP) is 2.18. The SMILES string of the molecule is NC(=O)c1ccsc1NC(=O)CCCS(=O)(=O)c1ccc(F)cc1. The number of halogens is 1. The molecule has 2 aromatic rings. The summed E-state index contributed by atoms with van der Waals surface area (Å²) < 4.78 is 37.0. The molecular weight excluding hydrogens is 355 g/mol. The van der Waals surface area contributed by atoms with E-state index in [1.54, 1.807) is 5.38 Å². The molecular formula is C15H15FN2O4S2. The van der Waals surface area contributed by atoms with Gasteiger partial charge in [-0.2, -0.15) is 0 Å². The Hall–Kier alpha value is -2.26. The van der Waals surface area contributed by atoms with Crippen molar-refractivity contribution in [1.82, 2.24) is 0 Å². The predicted molar refractivity (Wildman–Crippen MR) is 89.2 cm³/mol. The quantitative estimate of drug-likeness (QED) is 0.729. The summed E-state index contributed by atoms with van der Waals surface area (Å²) >= 11 is 1.16. The number of primary amides is 1. The highest BCUT2D eigenvalue weighted by atomic mass is 32.2. The van der Waals surface area contributed by atoms with E-state index in [9.17, 15) is 22.4 Å². The molecule has 24 heavy (non-hydrogen) atoms. The zero-order valence-electron chi connectivity index (χ0n) is 12.5. The number of hydrogen-bond donors (Lipinski definition) is 2. The standard InChI is InChI=1S/C15H15FN2O4S2/c16-10-3-5-11(6-4-10)24(21,22)9-1-2-13(19)18-15-12(14(17)20)7-8-23-15/h3-8H,1-2,9H2,(H2,17,20)(H,18,19). The lowest BCUT2D eigenvalue weighted by Crippen LogP contribution is -2.17. The molecule has 2 amide bonds. The summed E-state index contributed by atoms with van der Waals surface area (Å²) in [6.07, 6.45) is 0.0688. The number of benzene rings is 1. The first-order chi connectivity index (χ1) is 11.3. The maximum Gasteiger partial charge on any atom is 0.251 e. The molecule has 0 aliphatic rings. The van der Waals surface area contributed by atoms with Crippen molar-refractivity contribution >= 4 is 38.0 Å². The van der Waals surface area contributed by atoms with Crippen molar-refractivity contribution < 1.29 is 22.4 Å². The average molecular weight is 370 g/mol. The highest BCUT2D eigenvalue weighted by Crippen LogP contribution is 2.23. The Kier molecular flexibility index (Phi) is 5.68. The Labute approximate surface area is 142 Å². The molecule has 9 heteroatoms. The molecule has 0 saturated carbocycles. The normalized spacial score (nSPS) is 11.2. The number of thiophene rings is 1. The van der Waals surface area contributed by atoms with Gasteiger partial charge in [-0.3, -0.25) is 9.59 Å². The number of nitrogens with two attached hydrogens (primary N) is 1. The van der Waals surface area contributed by atoms with Crippen LogP contribution in [-0.4, -0.2) is 26.0 Å². The van der Waals surface area contributed by atoms with Crippen molar-refractivity contribution in [2.24, 2.45) is 5.73 Å². The molecule has 2 rings (SSSR count).